The van der Waals surface area contributed by atoms with Gasteiger partial charge in [0.05, 0.1) is 12.5 Å². The number of aryl methyl sites for hydroxylation is 1. The number of hydrogen-bond donors (Lipinski definition) is 0. The topological polar surface area (TPSA) is 26.3 Å². The van der Waals surface area contributed by atoms with Gasteiger partial charge in [-0.25, -0.2) is 0 Å². The zero-order valence-corrected chi connectivity index (χ0v) is 8.54. The Bertz CT molecular complexity index is 365. The number of hydrogen-bond acceptors (Lipinski definition) is 2. The Morgan fingerprint density at radius 3 is 2.57 bits per heavy atom. The van der Waals surface area contributed by atoms with E-state index in [-0.39, 0.29) is 5.41 Å². The van der Waals surface area contributed by atoms with E-state index in [0.717, 1.165) is 36.0 Å². The Hall–Kier alpha value is -1.31. The summed E-state index contributed by atoms with van der Waals surface area (Å²) in [5, 5.41) is 0. The monoisotopic (exact) mass is 190 g/mol. The van der Waals surface area contributed by atoms with Crippen LogP contribution in [0.25, 0.3) is 0 Å². The molecule has 0 spiro atoms. The molecule has 1 aliphatic carbocycles. The molecule has 74 valence electrons. The molecule has 2 nitrogen and oxygen atoms in total. The molecule has 0 unspecified atom stereocenters. The Morgan fingerprint density at radius 2 is 2.14 bits per heavy atom. The normalized spacial score (nSPS) is 17.6. The SMILES string of the molecule is COc1ccc(C2(C=O)CC2)c(C)c1. The second-order valence-corrected chi connectivity index (χ2v) is 3.95. The first-order valence-electron chi connectivity index (χ1n) is 4.83. The van der Waals surface area contributed by atoms with E-state index >= 15 is 0 Å². The fourth-order valence-corrected chi connectivity index (χ4v) is 1.91. The summed E-state index contributed by atoms with van der Waals surface area (Å²) < 4.78 is 5.13. The predicted octanol–water partition coefficient (Wildman–Crippen LogP) is 2.23. The first kappa shape index (κ1) is 9.25. The Morgan fingerprint density at radius 1 is 1.43 bits per heavy atom. The smallest absolute Gasteiger partial charge is 0.130 e. The lowest BCUT2D eigenvalue weighted by Gasteiger charge is -2.12. The van der Waals surface area contributed by atoms with Crippen LogP contribution >= 0.6 is 0 Å². The summed E-state index contributed by atoms with van der Waals surface area (Å²) in [7, 11) is 1.65. The summed E-state index contributed by atoms with van der Waals surface area (Å²) in [4.78, 5) is 11.0. The van der Waals surface area contributed by atoms with Crippen molar-refractivity contribution in [3.05, 3.63) is 29.3 Å². The molecular weight excluding hydrogens is 176 g/mol. The van der Waals surface area contributed by atoms with Crippen LogP contribution in [0.1, 0.15) is 24.0 Å². The van der Waals surface area contributed by atoms with Crippen LogP contribution < -0.4 is 4.74 Å². The summed E-state index contributed by atoms with van der Waals surface area (Å²) in [6.07, 6.45) is 3.06. The molecule has 1 saturated carbocycles. The summed E-state index contributed by atoms with van der Waals surface area (Å²) in [6, 6.07) is 5.92. The van der Waals surface area contributed by atoms with Gasteiger partial charge in [-0.15, -0.1) is 0 Å². The van der Waals surface area contributed by atoms with Crippen LogP contribution in [-0.4, -0.2) is 13.4 Å². The molecule has 1 aromatic rings. The lowest BCUT2D eigenvalue weighted by molar-refractivity contribution is -0.109. The van der Waals surface area contributed by atoms with Crippen LogP contribution in [0.3, 0.4) is 0 Å². The molecule has 0 heterocycles. The van der Waals surface area contributed by atoms with E-state index in [0.29, 0.717) is 0 Å². The van der Waals surface area contributed by atoms with Gasteiger partial charge in [0.25, 0.3) is 0 Å². The molecule has 0 bridgehead atoms. The molecule has 0 radical (unpaired) electrons. The highest BCUT2D eigenvalue weighted by molar-refractivity contribution is 5.74. The van der Waals surface area contributed by atoms with Gasteiger partial charge in [0.15, 0.2) is 0 Å². The van der Waals surface area contributed by atoms with Gasteiger partial charge in [-0.2, -0.15) is 0 Å². The molecule has 0 saturated heterocycles. The van der Waals surface area contributed by atoms with Crippen molar-refractivity contribution in [3.63, 3.8) is 0 Å². The molecule has 1 fully saturated rings. The zero-order valence-electron chi connectivity index (χ0n) is 8.54. The van der Waals surface area contributed by atoms with Crippen molar-refractivity contribution in [2.45, 2.75) is 25.2 Å². The van der Waals surface area contributed by atoms with Gasteiger partial charge in [-0.05, 0) is 43.0 Å². The van der Waals surface area contributed by atoms with Gasteiger partial charge in [0, 0.05) is 0 Å². The van der Waals surface area contributed by atoms with Crippen LogP contribution in [0.2, 0.25) is 0 Å². The third-order valence-corrected chi connectivity index (χ3v) is 2.98. The standard InChI is InChI=1S/C12H14O2/c1-9-7-10(14-2)3-4-11(9)12(8-13)5-6-12/h3-4,7-8H,5-6H2,1-2H3. The maximum Gasteiger partial charge on any atom is 0.130 e. The average molecular weight is 190 g/mol. The number of aldehydes is 1. The highest BCUT2D eigenvalue weighted by Gasteiger charge is 2.45. The second kappa shape index (κ2) is 3.12. The lowest BCUT2D eigenvalue weighted by atomic mass is 9.93. The molecular formula is C12H14O2. The Balaban J connectivity index is 2.40. The second-order valence-electron chi connectivity index (χ2n) is 3.95. The van der Waals surface area contributed by atoms with Crippen molar-refractivity contribution in [1.29, 1.82) is 0 Å². The van der Waals surface area contributed by atoms with E-state index in [2.05, 4.69) is 0 Å². The third kappa shape index (κ3) is 1.31. The van der Waals surface area contributed by atoms with E-state index in [4.69, 9.17) is 4.74 Å². The quantitative estimate of drug-likeness (QED) is 0.683. The molecule has 0 aliphatic heterocycles. The molecule has 2 rings (SSSR count). The molecule has 0 N–H and O–H groups in total. The number of ether oxygens (including phenoxy) is 1. The van der Waals surface area contributed by atoms with Crippen LogP contribution in [-0.2, 0) is 10.2 Å². The maximum absolute atomic E-state index is 11.0. The zero-order chi connectivity index (χ0) is 10.2. The highest BCUT2D eigenvalue weighted by atomic mass is 16.5. The van der Waals surface area contributed by atoms with Gasteiger partial charge in [0.1, 0.15) is 12.0 Å². The van der Waals surface area contributed by atoms with E-state index in [1.165, 1.54) is 0 Å². The minimum absolute atomic E-state index is 0.170. The average Bonchev–Trinajstić information content (AvgIpc) is 2.98. The van der Waals surface area contributed by atoms with E-state index in [1.54, 1.807) is 7.11 Å². The maximum atomic E-state index is 11.0. The Kier molecular flexibility index (Phi) is 2.06. The van der Waals surface area contributed by atoms with E-state index in [1.807, 2.05) is 25.1 Å². The van der Waals surface area contributed by atoms with Gasteiger partial charge < -0.3 is 9.53 Å². The van der Waals surface area contributed by atoms with Gasteiger partial charge in [-0.3, -0.25) is 0 Å². The van der Waals surface area contributed by atoms with Crippen LogP contribution in [0.15, 0.2) is 18.2 Å². The summed E-state index contributed by atoms with van der Waals surface area (Å²) >= 11 is 0. The van der Waals surface area contributed by atoms with Crippen molar-refractivity contribution in [3.8, 4) is 5.75 Å². The molecule has 0 atom stereocenters. The number of methoxy groups -OCH3 is 1. The van der Waals surface area contributed by atoms with Crippen LogP contribution in [0, 0.1) is 6.92 Å². The summed E-state index contributed by atoms with van der Waals surface area (Å²) in [6.45, 7) is 2.03. The van der Waals surface area contributed by atoms with Crippen LogP contribution in [0.5, 0.6) is 5.75 Å². The highest BCUT2D eigenvalue weighted by Crippen LogP contribution is 2.47. The van der Waals surface area contributed by atoms with Gasteiger partial charge >= 0.3 is 0 Å². The molecule has 0 amide bonds. The molecule has 2 heteroatoms. The number of rotatable bonds is 3. The number of carbonyl (C=O) groups is 1. The molecule has 1 aromatic carbocycles. The minimum atomic E-state index is -0.170. The summed E-state index contributed by atoms with van der Waals surface area (Å²) in [5.41, 5.74) is 2.14. The fraction of sp³-hybridized carbons (Fsp3) is 0.417. The van der Waals surface area contributed by atoms with Crippen molar-refractivity contribution in [2.24, 2.45) is 0 Å². The van der Waals surface area contributed by atoms with E-state index < -0.39 is 0 Å². The first-order chi connectivity index (χ1) is 6.72. The number of benzene rings is 1. The molecule has 14 heavy (non-hydrogen) atoms. The molecule has 1 aliphatic rings. The van der Waals surface area contributed by atoms with Gasteiger partial charge in [-0.1, -0.05) is 6.07 Å². The van der Waals surface area contributed by atoms with Crippen molar-refractivity contribution >= 4 is 6.29 Å². The van der Waals surface area contributed by atoms with Gasteiger partial charge in [0.2, 0.25) is 0 Å². The molecule has 0 aromatic heterocycles. The Labute approximate surface area is 83.9 Å². The lowest BCUT2D eigenvalue weighted by Crippen LogP contribution is -2.09. The van der Waals surface area contributed by atoms with Crippen molar-refractivity contribution in [2.75, 3.05) is 7.11 Å². The fourth-order valence-electron chi connectivity index (χ4n) is 1.91. The number of carbonyl (C=O) groups excluding carboxylic acids is 1. The predicted molar refractivity (Wildman–Crippen MR) is 54.7 cm³/mol. The first-order valence-corrected chi connectivity index (χ1v) is 4.83. The van der Waals surface area contributed by atoms with Crippen LogP contribution in [0.4, 0.5) is 0 Å². The van der Waals surface area contributed by atoms with Crippen molar-refractivity contribution in [1.82, 2.24) is 0 Å². The largest absolute Gasteiger partial charge is 0.497 e. The summed E-state index contributed by atoms with van der Waals surface area (Å²) in [5.74, 6) is 0.855. The minimum Gasteiger partial charge on any atom is -0.497 e. The van der Waals surface area contributed by atoms with Crippen molar-refractivity contribution < 1.29 is 9.53 Å². The third-order valence-electron chi connectivity index (χ3n) is 2.98. The van der Waals surface area contributed by atoms with E-state index in [9.17, 15) is 4.79 Å².